The first kappa shape index (κ1) is 17.6. The zero-order chi connectivity index (χ0) is 18.2. The van der Waals surface area contributed by atoms with Crippen molar-refractivity contribution in [2.75, 3.05) is 13.1 Å². The fourth-order valence-corrected chi connectivity index (χ4v) is 3.05. The van der Waals surface area contributed by atoms with Crippen LogP contribution in [0.3, 0.4) is 0 Å². The maximum atomic E-state index is 12.8. The van der Waals surface area contributed by atoms with Gasteiger partial charge >= 0.3 is 0 Å². The smallest absolute Gasteiger partial charge is 0.274 e. The van der Waals surface area contributed by atoms with E-state index in [1.165, 1.54) is 0 Å². The van der Waals surface area contributed by atoms with Crippen molar-refractivity contribution in [2.45, 2.75) is 58.2 Å². The Bertz CT molecular complexity index is 750. The number of hydrogen-bond acceptors (Lipinski definition) is 5. The third-order valence-corrected chi connectivity index (χ3v) is 4.69. The van der Waals surface area contributed by atoms with Crippen molar-refractivity contribution in [1.29, 1.82) is 0 Å². The number of carbonyl (C=O) groups excluding carboxylic acids is 1. The van der Waals surface area contributed by atoms with Crippen molar-refractivity contribution in [2.24, 2.45) is 0 Å². The monoisotopic (exact) mass is 346 g/mol. The van der Waals surface area contributed by atoms with Gasteiger partial charge in [0.15, 0.2) is 0 Å². The second kappa shape index (κ2) is 6.59. The van der Waals surface area contributed by atoms with E-state index in [4.69, 9.17) is 0 Å². The van der Waals surface area contributed by atoms with Crippen LogP contribution in [0.2, 0.25) is 0 Å². The number of nitrogens with zero attached hydrogens (tertiary/aromatic N) is 6. The van der Waals surface area contributed by atoms with Crippen molar-refractivity contribution >= 4 is 5.91 Å². The topological polar surface area (TPSA) is 89.1 Å². The van der Waals surface area contributed by atoms with E-state index in [-0.39, 0.29) is 24.5 Å². The first-order chi connectivity index (χ1) is 11.8. The SMILES string of the molecule is CC(C)n1cnc(C(=O)N2CCCC(O)(c3cn(C(C)C)nn3)C2)c1. The van der Waals surface area contributed by atoms with Gasteiger partial charge in [-0.05, 0) is 40.5 Å². The fourth-order valence-electron chi connectivity index (χ4n) is 3.05. The number of β-amino-alcohol motifs (C(OH)–C–C–N with tert-alkyl or cyclic N) is 1. The Morgan fingerprint density at radius 3 is 2.60 bits per heavy atom. The molecule has 0 aliphatic carbocycles. The summed E-state index contributed by atoms with van der Waals surface area (Å²) in [7, 11) is 0. The van der Waals surface area contributed by atoms with Gasteiger partial charge in [0.1, 0.15) is 17.0 Å². The highest BCUT2D eigenvalue weighted by atomic mass is 16.3. The van der Waals surface area contributed by atoms with Gasteiger partial charge in [-0.2, -0.15) is 0 Å². The first-order valence-corrected chi connectivity index (χ1v) is 8.77. The molecule has 1 fully saturated rings. The number of aliphatic hydroxyl groups is 1. The number of rotatable bonds is 4. The second-order valence-electron chi connectivity index (χ2n) is 7.34. The number of amides is 1. The van der Waals surface area contributed by atoms with Gasteiger partial charge in [-0.25, -0.2) is 9.67 Å². The second-order valence-corrected chi connectivity index (χ2v) is 7.34. The molecule has 1 amide bonds. The quantitative estimate of drug-likeness (QED) is 0.911. The van der Waals surface area contributed by atoms with E-state index in [2.05, 4.69) is 15.3 Å². The standard InChI is InChI=1S/C17H26N6O2/c1-12(2)22-8-14(18-11-22)16(24)21-7-5-6-17(25,10-21)15-9-23(13(3)4)20-19-15/h8-9,11-13,25H,5-7,10H2,1-4H3. The largest absolute Gasteiger partial charge is 0.382 e. The van der Waals surface area contributed by atoms with E-state index in [1.54, 1.807) is 28.3 Å². The molecule has 0 spiro atoms. The number of hydrogen-bond donors (Lipinski definition) is 1. The average Bonchev–Trinajstić information content (AvgIpc) is 3.24. The predicted molar refractivity (Wildman–Crippen MR) is 92.1 cm³/mol. The average molecular weight is 346 g/mol. The van der Waals surface area contributed by atoms with Gasteiger partial charge in [-0.3, -0.25) is 4.79 Å². The van der Waals surface area contributed by atoms with Crippen LogP contribution in [0.15, 0.2) is 18.7 Å². The summed E-state index contributed by atoms with van der Waals surface area (Å²) in [6, 6.07) is 0.421. The molecule has 1 unspecified atom stereocenters. The Kier molecular flexibility index (Phi) is 4.64. The summed E-state index contributed by atoms with van der Waals surface area (Å²) in [5.74, 6) is -0.159. The third-order valence-electron chi connectivity index (χ3n) is 4.69. The van der Waals surface area contributed by atoms with Gasteiger partial charge in [0.25, 0.3) is 5.91 Å². The van der Waals surface area contributed by atoms with Gasteiger partial charge < -0.3 is 14.6 Å². The molecule has 1 aliphatic heterocycles. The van der Waals surface area contributed by atoms with Gasteiger partial charge in [-0.1, -0.05) is 5.21 Å². The van der Waals surface area contributed by atoms with Crippen molar-refractivity contribution in [3.63, 3.8) is 0 Å². The Morgan fingerprint density at radius 2 is 2.00 bits per heavy atom. The lowest BCUT2D eigenvalue weighted by molar-refractivity contribution is -0.0322. The van der Waals surface area contributed by atoms with E-state index in [1.807, 2.05) is 32.3 Å². The summed E-state index contributed by atoms with van der Waals surface area (Å²) in [5.41, 5.74) is -0.239. The van der Waals surface area contributed by atoms with Crippen LogP contribution in [0.5, 0.6) is 0 Å². The van der Waals surface area contributed by atoms with E-state index in [9.17, 15) is 9.90 Å². The van der Waals surface area contributed by atoms with Crippen LogP contribution in [-0.2, 0) is 5.60 Å². The highest BCUT2D eigenvalue weighted by molar-refractivity contribution is 5.92. The molecule has 2 aromatic rings. The Morgan fingerprint density at radius 1 is 1.24 bits per heavy atom. The summed E-state index contributed by atoms with van der Waals surface area (Å²) >= 11 is 0. The van der Waals surface area contributed by atoms with Crippen LogP contribution in [0.25, 0.3) is 0 Å². The van der Waals surface area contributed by atoms with Gasteiger partial charge in [0.2, 0.25) is 0 Å². The van der Waals surface area contributed by atoms with Crippen LogP contribution in [0, 0.1) is 0 Å². The van der Waals surface area contributed by atoms with Crippen molar-refractivity contribution in [3.05, 3.63) is 30.1 Å². The van der Waals surface area contributed by atoms with Gasteiger partial charge in [0.05, 0.1) is 19.1 Å². The van der Waals surface area contributed by atoms with Crippen molar-refractivity contribution in [1.82, 2.24) is 29.4 Å². The van der Waals surface area contributed by atoms with Crippen molar-refractivity contribution < 1.29 is 9.90 Å². The van der Waals surface area contributed by atoms with E-state index >= 15 is 0 Å². The molecule has 2 aromatic heterocycles. The highest BCUT2D eigenvalue weighted by Gasteiger charge is 2.39. The molecule has 8 heteroatoms. The molecule has 0 aromatic carbocycles. The fraction of sp³-hybridized carbons (Fsp3) is 0.647. The lowest BCUT2D eigenvalue weighted by Crippen LogP contribution is -2.48. The zero-order valence-electron chi connectivity index (χ0n) is 15.3. The molecular formula is C17H26N6O2. The maximum Gasteiger partial charge on any atom is 0.274 e. The summed E-state index contributed by atoms with van der Waals surface area (Å²) in [4.78, 5) is 18.6. The number of likely N-dealkylation sites (tertiary alicyclic amines) is 1. The number of carbonyl (C=O) groups is 1. The Balaban J connectivity index is 1.78. The van der Waals surface area contributed by atoms with Gasteiger partial charge in [-0.15, -0.1) is 5.10 Å². The molecule has 136 valence electrons. The normalized spacial score (nSPS) is 21.3. The van der Waals surface area contributed by atoms with E-state index < -0.39 is 5.60 Å². The van der Waals surface area contributed by atoms with Crippen LogP contribution < -0.4 is 0 Å². The maximum absolute atomic E-state index is 12.8. The number of imidazole rings is 1. The Labute approximate surface area is 147 Å². The van der Waals surface area contributed by atoms with Crippen LogP contribution >= 0.6 is 0 Å². The number of piperidine rings is 1. The number of aromatic nitrogens is 5. The first-order valence-electron chi connectivity index (χ1n) is 8.77. The molecule has 1 N–H and O–H groups in total. The van der Waals surface area contributed by atoms with Gasteiger partial charge in [0, 0.05) is 24.8 Å². The lowest BCUT2D eigenvalue weighted by Gasteiger charge is -2.37. The highest BCUT2D eigenvalue weighted by Crippen LogP contribution is 2.31. The minimum Gasteiger partial charge on any atom is -0.382 e. The zero-order valence-corrected chi connectivity index (χ0v) is 15.3. The van der Waals surface area contributed by atoms with Crippen LogP contribution in [0.1, 0.15) is 68.8 Å². The molecule has 1 atom stereocenters. The molecular weight excluding hydrogens is 320 g/mol. The van der Waals surface area contributed by atoms with Crippen LogP contribution in [-0.4, -0.2) is 53.5 Å². The van der Waals surface area contributed by atoms with Crippen LogP contribution in [0.4, 0.5) is 0 Å². The summed E-state index contributed by atoms with van der Waals surface area (Å²) < 4.78 is 3.62. The minimum atomic E-state index is -1.17. The molecule has 3 heterocycles. The minimum absolute atomic E-state index is 0.159. The summed E-state index contributed by atoms with van der Waals surface area (Å²) in [6.07, 6.45) is 6.47. The summed E-state index contributed by atoms with van der Waals surface area (Å²) in [6.45, 7) is 8.89. The van der Waals surface area contributed by atoms with Crippen molar-refractivity contribution in [3.8, 4) is 0 Å². The molecule has 0 saturated carbocycles. The molecule has 1 saturated heterocycles. The van der Waals surface area contributed by atoms with E-state index in [0.717, 1.165) is 0 Å². The molecule has 1 aliphatic rings. The third kappa shape index (κ3) is 3.44. The predicted octanol–water partition coefficient (Wildman–Crippen LogP) is 1.76. The molecule has 25 heavy (non-hydrogen) atoms. The van der Waals surface area contributed by atoms with E-state index in [0.29, 0.717) is 30.8 Å². The molecule has 0 radical (unpaired) electrons. The molecule has 3 rings (SSSR count). The molecule has 8 nitrogen and oxygen atoms in total. The Hall–Kier alpha value is -2.22. The molecule has 0 bridgehead atoms. The lowest BCUT2D eigenvalue weighted by atomic mass is 9.90. The summed E-state index contributed by atoms with van der Waals surface area (Å²) in [5, 5.41) is 19.3.